The minimum Gasteiger partial charge on any atom is -0.497 e. The predicted octanol–water partition coefficient (Wildman–Crippen LogP) is 3.92. The van der Waals surface area contributed by atoms with Gasteiger partial charge in [0.25, 0.3) is 0 Å². The Hall–Kier alpha value is -1.02. The van der Waals surface area contributed by atoms with Gasteiger partial charge in [0.2, 0.25) is 0 Å². The summed E-state index contributed by atoms with van der Waals surface area (Å²) in [5, 5.41) is 3.10. The van der Waals surface area contributed by atoms with Gasteiger partial charge in [-0.1, -0.05) is 25.3 Å². The molecule has 0 amide bonds. The SMILES string of the molecule is COc1cccc(NC(N)=NCC2CCC3(CCCCC3)O2)c1.I. The first kappa shape index (κ1) is 19.3. The Morgan fingerprint density at radius 2 is 2.12 bits per heavy atom. The molecule has 134 valence electrons. The number of methoxy groups -OCH3 is 1. The number of nitrogens with two attached hydrogens (primary N) is 1. The minimum atomic E-state index is 0. The number of benzene rings is 1. The number of ether oxygens (including phenoxy) is 2. The molecule has 1 unspecified atom stereocenters. The first-order valence-corrected chi connectivity index (χ1v) is 8.58. The van der Waals surface area contributed by atoms with Gasteiger partial charge in [0.15, 0.2) is 5.96 Å². The number of aliphatic imine (C=N–C) groups is 1. The Bertz CT molecular complexity index is 559. The van der Waals surface area contributed by atoms with Crippen molar-refractivity contribution in [3.8, 4) is 5.75 Å². The van der Waals surface area contributed by atoms with E-state index in [4.69, 9.17) is 15.2 Å². The number of halogens is 1. The fourth-order valence-corrected chi connectivity index (χ4v) is 3.68. The quantitative estimate of drug-likeness (QED) is 0.419. The summed E-state index contributed by atoms with van der Waals surface area (Å²) in [5.41, 5.74) is 7.01. The van der Waals surface area contributed by atoms with Gasteiger partial charge in [-0.15, -0.1) is 24.0 Å². The zero-order valence-electron chi connectivity index (χ0n) is 14.3. The van der Waals surface area contributed by atoms with Crippen molar-refractivity contribution in [3.05, 3.63) is 24.3 Å². The third-order valence-electron chi connectivity index (χ3n) is 4.91. The Labute approximate surface area is 161 Å². The summed E-state index contributed by atoms with van der Waals surface area (Å²) >= 11 is 0. The van der Waals surface area contributed by atoms with Gasteiger partial charge < -0.3 is 20.5 Å². The van der Waals surface area contributed by atoms with Crippen molar-refractivity contribution >= 4 is 35.6 Å². The molecule has 1 spiro atoms. The molecule has 1 aromatic rings. The number of nitrogens with one attached hydrogen (secondary N) is 1. The second kappa shape index (κ2) is 8.89. The van der Waals surface area contributed by atoms with Crippen LogP contribution < -0.4 is 15.8 Å². The summed E-state index contributed by atoms with van der Waals surface area (Å²) in [6.07, 6.45) is 8.86. The number of nitrogens with zero attached hydrogens (tertiary/aromatic N) is 1. The highest BCUT2D eigenvalue weighted by Gasteiger charge is 2.40. The first-order chi connectivity index (χ1) is 11.2. The Balaban J connectivity index is 0.00000208. The summed E-state index contributed by atoms with van der Waals surface area (Å²) in [4.78, 5) is 4.45. The lowest BCUT2D eigenvalue weighted by Crippen LogP contribution is -2.32. The third-order valence-corrected chi connectivity index (χ3v) is 4.91. The molecule has 1 saturated carbocycles. The summed E-state index contributed by atoms with van der Waals surface area (Å²) in [7, 11) is 1.65. The maximum Gasteiger partial charge on any atom is 0.193 e. The van der Waals surface area contributed by atoms with Crippen LogP contribution in [-0.4, -0.2) is 31.3 Å². The van der Waals surface area contributed by atoms with E-state index < -0.39 is 0 Å². The van der Waals surface area contributed by atoms with E-state index in [1.807, 2.05) is 24.3 Å². The molecule has 0 bridgehead atoms. The maximum absolute atomic E-state index is 6.32. The second-order valence-electron chi connectivity index (χ2n) is 6.61. The van der Waals surface area contributed by atoms with Crippen LogP contribution >= 0.6 is 24.0 Å². The fraction of sp³-hybridized carbons (Fsp3) is 0.611. The molecule has 3 rings (SSSR count). The second-order valence-corrected chi connectivity index (χ2v) is 6.61. The van der Waals surface area contributed by atoms with E-state index in [0.29, 0.717) is 12.5 Å². The van der Waals surface area contributed by atoms with Crippen LogP contribution in [-0.2, 0) is 4.74 Å². The monoisotopic (exact) mass is 445 g/mol. The lowest BCUT2D eigenvalue weighted by Gasteiger charge is -2.33. The molecule has 24 heavy (non-hydrogen) atoms. The smallest absolute Gasteiger partial charge is 0.193 e. The lowest BCUT2D eigenvalue weighted by atomic mass is 9.83. The van der Waals surface area contributed by atoms with Crippen molar-refractivity contribution in [1.82, 2.24) is 0 Å². The van der Waals surface area contributed by atoms with Crippen molar-refractivity contribution in [3.63, 3.8) is 0 Å². The minimum absolute atomic E-state index is 0. The summed E-state index contributed by atoms with van der Waals surface area (Å²) in [6, 6.07) is 7.65. The predicted molar refractivity (Wildman–Crippen MR) is 108 cm³/mol. The molecular weight excluding hydrogens is 417 g/mol. The highest BCUT2D eigenvalue weighted by molar-refractivity contribution is 14.0. The average molecular weight is 445 g/mol. The van der Waals surface area contributed by atoms with Gasteiger partial charge in [-0.25, -0.2) is 0 Å². The molecule has 0 aromatic heterocycles. The largest absolute Gasteiger partial charge is 0.497 e. The van der Waals surface area contributed by atoms with Gasteiger partial charge in [-0.2, -0.15) is 0 Å². The molecule has 1 aromatic carbocycles. The van der Waals surface area contributed by atoms with Crippen molar-refractivity contribution in [2.24, 2.45) is 10.7 Å². The van der Waals surface area contributed by atoms with Crippen molar-refractivity contribution in [2.45, 2.75) is 56.7 Å². The zero-order valence-corrected chi connectivity index (χ0v) is 16.6. The van der Waals surface area contributed by atoms with E-state index in [0.717, 1.165) is 17.9 Å². The van der Waals surface area contributed by atoms with Crippen LogP contribution in [0.3, 0.4) is 0 Å². The van der Waals surface area contributed by atoms with E-state index in [9.17, 15) is 0 Å². The number of anilines is 1. The normalized spacial score (nSPS) is 22.9. The topological polar surface area (TPSA) is 68.9 Å². The molecule has 1 heterocycles. The van der Waals surface area contributed by atoms with Gasteiger partial charge in [-0.05, 0) is 37.8 Å². The summed E-state index contributed by atoms with van der Waals surface area (Å²) in [6.45, 7) is 0.630. The third kappa shape index (κ3) is 4.99. The van der Waals surface area contributed by atoms with Gasteiger partial charge in [0.05, 0.1) is 25.4 Å². The molecule has 3 N–H and O–H groups in total. The fourth-order valence-electron chi connectivity index (χ4n) is 3.68. The highest BCUT2D eigenvalue weighted by Crippen LogP contribution is 2.41. The summed E-state index contributed by atoms with van der Waals surface area (Å²) in [5.74, 6) is 1.22. The van der Waals surface area contributed by atoms with E-state index >= 15 is 0 Å². The molecule has 5 nitrogen and oxygen atoms in total. The molecule has 6 heteroatoms. The van der Waals surface area contributed by atoms with E-state index in [-0.39, 0.29) is 35.7 Å². The maximum atomic E-state index is 6.32. The van der Waals surface area contributed by atoms with Crippen LogP contribution in [0.2, 0.25) is 0 Å². The van der Waals surface area contributed by atoms with E-state index in [1.54, 1.807) is 7.11 Å². The van der Waals surface area contributed by atoms with Crippen molar-refractivity contribution in [1.29, 1.82) is 0 Å². The molecule has 1 atom stereocenters. The molecule has 1 aliphatic carbocycles. The lowest BCUT2D eigenvalue weighted by molar-refractivity contribution is -0.0598. The van der Waals surface area contributed by atoms with Crippen LogP contribution in [0, 0.1) is 0 Å². The van der Waals surface area contributed by atoms with Crippen LogP contribution in [0.5, 0.6) is 5.75 Å². The molecular formula is C18H28IN3O2. The first-order valence-electron chi connectivity index (χ1n) is 8.58. The van der Waals surface area contributed by atoms with Crippen LogP contribution in [0.25, 0.3) is 0 Å². The van der Waals surface area contributed by atoms with Crippen LogP contribution in [0.1, 0.15) is 44.9 Å². The molecule has 1 saturated heterocycles. The Morgan fingerprint density at radius 1 is 1.33 bits per heavy atom. The van der Waals surface area contributed by atoms with Gasteiger partial charge in [0, 0.05) is 11.8 Å². The highest BCUT2D eigenvalue weighted by atomic mass is 127. The Morgan fingerprint density at radius 3 is 2.88 bits per heavy atom. The number of guanidine groups is 1. The van der Waals surface area contributed by atoms with E-state index in [1.165, 1.54) is 38.5 Å². The van der Waals surface area contributed by atoms with Gasteiger partial charge in [-0.3, -0.25) is 4.99 Å². The zero-order chi connectivity index (χ0) is 16.1. The van der Waals surface area contributed by atoms with Crippen LogP contribution in [0.15, 0.2) is 29.3 Å². The molecule has 2 aliphatic rings. The summed E-state index contributed by atoms with van der Waals surface area (Å²) < 4.78 is 11.5. The van der Waals surface area contributed by atoms with Crippen LogP contribution in [0.4, 0.5) is 5.69 Å². The number of hydrogen-bond acceptors (Lipinski definition) is 3. The molecule has 2 fully saturated rings. The van der Waals surface area contributed by atoms with Gasteiger partial charge >= 0.3 is 0 Å². The standard InChI is InChI=1S/C18H27N3O2.HI/c1-22-15-7-5-6-14(12-15)21-17(19)20-13-16-8-11-18(23-16)9-3-2-4-10-18;/h5-7,12,16H,2-4,8-11,13H2,1H3,(H3,19,20,21);1H. The molecule has 1 aliphatic heterocycles. The average Bonchev–Trinajstić information content (AvgIpc) is 2.96. The Kier molecular flexibility index (Phi) is 7.16. The molecule has 0 radical (unpaired) electrons. The number of rotatable bonds is 4. The van der Waals surface area contributed by atoms with E-state index in [2.05, 4.69) is 10.3 Å². The van der Waals surface area contributed by atoms with Gasteiger partial charge in [0.1, 0.15) is 5.75 Å². The number of hydrogen-bond donors (Lipinski definition) is 2. The van der Waals surface area contributed by atoms with Crippen molar-refractivity contribution in [2.75, 3.05) is 19.0 Å². The van der Waals surface area contributed by atoms with Crippen molar-refractivity contribution < 1.29 is 9.47 Å².